The molecule has 8 heteroatoms. The van der Waals surface area contributed by atoms with Gasteiger partial charge in [-0.3, -0.25) is 4.79 Å². The van der Waals surface area contributed by atoms with Gasteiger partial charge in [0.05, 0.1) is 23.4 Å². The van der Waals surface area contributed by atoms with Crippen LogP contribution in [0.5, 0.6) is 23.0 Å². The summed E-state index contributed by atoms with van der Waals surface area (Å²) in [7, 11) is 0. The normalized spacial score (nSPS) is 25.8. The van der Waals surface area contributed by atoms with E-state index in [1.165, 1.54) is 11.0 Å². The molecule has 0 saturated carbocycles. The summed E-state index contributed by atoms with van der Waals surface area (Å²) in [6.07, 6.45) is 2.36. The van der Waals surface area contributed by atoms with Gasteiger partial charge in [0, 0.05) is 12.5 Å². The second-order valence-corrected chi connectivity index (χ2v) is 7.42. The summed E-state index contributed by atoms with van der Waals surface area (Å²) < 4.78 is 38.7. The van der Waals surface area contributed by atoms with Crippen LogP contribution in [-0.4, -0.2) is 24.8 Å². The van der Waals surface area contributed by atoms with Gasteiger partial charge in [-0.2, -0.15) is 0 Å². The average molecular weight is 402 g/mol. The lowest BCUT2D eigenvalue weighted by Gasteiger charge is -2.28. The third kappa shape index (κ3) is 1.94. The van der Waals surface area contributed by atoms with Crippen LogP contribution in [0, 0.1) is 0 Å². The number of fused-ring (bicyclic) bond motifs is 3. The molecule has 0 fully saturated rings. The number of ether oxygens (including phenoxy) is 4. The Bertz CT molecular complexity index is 1090. The van der Waals surface area contributed by atoms with E-state index in [2.05, 4.69) is 0 Å². The molecule has 6 rings (SSSR count). The third-order valence-corrected chi connectivity index (χ3v) is 5.64. The van der Waals surface area contributed by atoms with Gasteiger partial charge in [-0.15, -0.1) is 0 Å². The van der Waals surface area contributed by atoms with Crippen molar-refractivity contribution in [1.29, 1.82) is 0 Å². The first kappa shape index (κ1) is 16.1. The Morgan fingerprint density at radius 2 is 2.00 bits per heavy atom. The zero-order valence-electron chi connectivity index (χ0n) is 14.4. The summed E-state index contributed by atoms with van der Waals surface area (Å²) in [6, 6.07) is 8.13. The minimum absolute atomic E-state index is 0.0425. The number of amides is 1. The largest absolute Gasteiger partial charge is 0.477 e. The number of carbonyl (C=O) groups excluding carboxylic acids is 1. The summed E-state index contributed by atoms with van der Waals surface area (Å²) in [6.45, 7) is 0.144. The topological polar surface area (TPSA) is 57.2 Å². The lowest BCUT2D eigenvalue weighted by Crippen LogP contribution is -2.40. The van der Waals surface area contributed by atoms with E-state index in [-0.39, 0.29) is 30.2 Å². The molecule has 1 amide bonds. The molecule has 0 aromatic heterocycles. The molecule has 4 aliphatic rings. The van der Waals surface area contributed by atoms with E-state index in [4.69, 9.17) is 30.5 Å². The fourth-order valence-electron chi connectivity index (χ4n) is 4.12. The van der Waals surface area contributed by atoms with Crippen molar-refractivity contribution < 1.29 is 28.1 Å². The fraction of sp³-hybridized carbons (Fsp3) is 0.250. The molecule has 2 unspecified atom stereocenters. The summed E-state index contributed by atoms with van der Waals surface area (Å²) in [5.41, 5.74) is -2.07. The van der Waals surface area contributed by atoms with Crippen molar-refractivity contribution in [2.24, 2.45) is 0 Å². The summed E-state index contributed by atoms with van der Waals surface area (Å²) in [4.78, 5) is 14.7. The first-order valence-corrected chi connectivity index (χ1v) is 9.25. The lowest BCUT2D eigenvalue weighted by molar-refractivity contribution is -0.127. The minimum Gasteiger partial charge on any atom is -0.477 e. The minimum atomic E-state index is -2.37. The van der Waals surface area contributed by atoms with Gasteiger partial charge < -0.3 is 23.8 Å². The highest BCUT2D eigenvalue weighted by Crippen LogP contribution is 2.59. The van der Waals surface area contributed by atoms with Gasteiger partial charge in [0.1, 0.15) is 17.3 Å². The Hall–Kier alpha value is -2.93. The van der Waals surface area contributed by atoms with Gasteiger partial charge in [0.15, 0.2) is 17.1 Å². The third-order valence-electron chi connectivity index (χ3n) is 5.37. The molecule has 142 valence electrons. The van der Waals surface area contributed by atoms with E-state index >= 15 is 4.39 Å². The number of carbonyl (C=O) groups is 1. The molecule has 0 saturated heterocycles. The summed E-state index contributed by atoms with van der Waals surface area (Å²) in [5, 5.41) is 0. The summed E-state index contributed by atoms with van der Waals surface area (Å²) in [5.74, 6) is 1.24. The molecule has 4 aliphatic heterocycles. The van der Waals surface area contributed by atoms with E-state index in [0.29, 0.717) is 35.1 Å². The Kier molecular flexibility index (Phi) is 3.05. The van der Waals surface area contributed by atoms with Crippen LogP contribution in [0.1, 0.15) is 17.5 Å². The van der Waals surface area contributed by atoms with E-state index in [0.717, 1.165) is 0 Å². The number of hydrogen-bond donors (Lipinski definition) is 0. The molecule has 0 spiro atoms. The molecule has 0 aliphatic carbocycles. The molecule has 6 nitrogen and oxygen atoms in total. The number of hydrogen-bond acceptors (Lipinski definition) is 5. The van der Waals surface area contributed by atoms with E-state index < -0.39 is 17.1 Å². The fourth-order valence-corrected chi connectivity index (χ4v) is 4.33. The zero-order valence-corrected chi connectivity index (χ0v) is 15.2. The van der Waals surface area contributed by atoms with E-state index in [1.807, 2.05) is 6.08 Å². The SMILES string of the molecule is O=C1N(CC2=CCC(Cl)O2)c2cccc3c2C1(F)c1cc2c(cc1O3)OCO2. The van der Waals surface area contributed by atoms with Crippen molar-refractivity contribution in [3.05, 3.63) is 53.3 Å². The van der Waals surface area contributed by atoms with Gasteiger partial charge in [0.25, 0.3) is 5.91 Å². The van der Waals surface area contributed by atoms with Crippen molar-refractivity contribution >= 4 is 23.2 Å². The van der Waals surface area contributed by atoms with Crippen LogP contribution < -0.4 is 19.1 Å². The maximum absolute atomic E-state index is 16.5. The Balaban J connectivity index is 1.51. The van der Waals surface area contributed by atoms with Crippen molar-refractivity contribution in [2.45, 2.75) is 17.7 Å². The van der Waals surface area contributed by atoms with Crippen LogP contribution >= 0.6 is 11.6 Å². The van der Waals surface area contributed by atoms with Crippen LogP contribution in [0.3, 0.4) is 0 Å². The van der Waals surface area contributed by atoms with Crippen molar-refractivity contribution in [3.63, 3.8) is 0 Å². The molecule has 28 heavy (non-hydrogen) atoms. The molecular formula is C20H13ClFNO5. The van der Waals surface area contributed by atoms with Crippen LogP contribution in [0.25, 0.3) is 0 Å². The Morgan fingerprint density at radius 3 is 2.79 bits per heavy atom. The number of rotatable bonds is 2. The highest BCUT2D eigenvalue weighted by Gasteiger charge is 2.59. The van der Waals surface area contributed by atoms with Crippen molar-refractivity contribution in [1.82, 2.24) is 0 Å². The number of nitrogens with zero attached hydrogens (tertiary/aromatic N) is 1. The number of halogens is 2. The van der Waals surface area contributed by atoms with Gasteiger partial charge in [-0.05, 0) is 24.3 Å². The van der Waals surface area contributed by atoms with Crippen LogP contribution in [0.2, 0.25) is 0 Å². The highest BCUT2D eigenvalue weighted by molar-refractivity contribution is 6.20. The van der Waals surface area contributed by atoms with Gasteiger partial charge in [0.2, 0.25) is 12.5 Å². The zero-order chi connectivity index (χ0) is 19.0. The standard InChI is InChI=1S/C20H13ClFNO5/c21-17-5-4-10(27-17)8-23-12-2-1-3-13-18(12)20(22,19(23)24)11-6-15-16(26-9-25-15)7-14(11)28-13/h1-4,6-7,17H,5,8-9H2. The van der Waals surface area contributed by atoms with Gasteiger partial charge in [-0.1, -0.05) is 17.7 Å². The molecule has 0 radical (unpaired) electrons. The van der Waals surface area contributed by atoms with Gasteiger partial charge >= 0.3 is 0 Å². The summed E-state index contributed by atoms with van der Waals surface area (Å²) >= 11 is 5.97. The first-order chi connectivity index (χ1) is 13.6. The van der Waals surface area contributed by atoms with E-state index in [1.54, 1.807) is 24.3 Å². The van der Waals surface area contributed by atoms with Crippen LogP contribution in [0.4, 0.5) is 10.1 Å². The average Bonchev–Trinajstić information content (AvgIpc) is 3.36. The molecule has 0 bridgehead atoms. The van der Waals surface area contributed by atoms with Crippen molar-refractivity contribution in [2.75, 3.05) is 18.2 Å². The smallest absolute Gasteiger partial charge is 0.274 e. The van der Waals surface area contributed by atoms with E-state index in [9.17, 15) is 4.79 Å². The lowest BCUT2D eigenvalue weighted by atomic mass is 9.86. The van der Waals surface area contributed by atoms with Crippen LogP contribution in [0.15, 0.2) is 42.2 Å². The molecular weight excluding hydrogens is 389 g/mol. The predicted octanol–water partition coefficient (Wildman–Crippen LogP) is 3.95. The second kappa shape index (κ2) is 5.32. The number of anilines is 1. The second-order valence-electron chi connectivity index (χ2n) is 6.94. The predicted molar refractivity (Wildman–Crippen MR) is 96.7 cm³/mol. The number of alkyl halides is 2. The highest BCUT2D eigenvalue weighted by atomic mass is 35.5. The monoisotopic (exact) mass is 401 g/mol. The maximum Gasteiger partial charge on any atom is 0.274 e. The molecule has 2 aromatic rings. The molecule has 2 aromatic carbocycles. The first-order valence-electron chi connectivity index (χ1n) is 8.82. The molecule has 2 atom stereocenters. The van der Waals surface area contributed by atoms with Crippen LogP contribution in [-0.2, 0) is 15.2 Å². The molecule has 0 N–H and O–H groups in total. The molecule has 4 heterocycles. The number of benzene rings is 2. The quantitative estimate of drug-likeness (QED) is 0.713. The Morgan fingerprint density at radius 1 is 1.18 bits per heavy atom. The van der Waals surface area contributed by atoms with Gasteiger partial charge in [-0.25, -0.2) is 4.39 Å². The Labute approximate surface area is 164 Å². The van der Waals surface area contributed by atoms with Crippen molar-refractivity contribution in [3.8, 4) is 23.0 Å². The maximum atomic E-state index is 16.5.